The molecule has 0 radical (unpaired) electrons. The Morgan fingerprint density at radius 2 is 2.08 bits per heavy atom. The molecule has 6 nitrogen and oxygen atoms in total. The molecular weight excluding hydrogens is 354 g/mol. The maximum absolute atomic E-state index is 12.8. The van der Waals surface area contributed by atoms with Crippen molar-refractivity contribution in [2.24, 2.45) is 0 Å². The normalized spacial score (nSPS) is 15.2. The molecule has 3 rings (SSSR count). The van der Waals surface area contributed by atoms with Crippen molar-refractivity contribution in [3.05, 3.63) is 47.1 Å². The zero-order valence-corrected chi connectivity index (χ0v) is 15.6. The van der Waals surface area contributed by atoms with E-state index >= 15 is 0 Å². The number of anilines is 2. The van der Waals surface area contributed by atoms with E-state index in [9.17, 15) is 9.59 Å². The van der Waals surface area contributed by atoms with Gasteiger partial charge in [-0.25, -0.2) is 4.98 Å². The molecule has 1 aromatic carbocycles. The number of rotatable bonds is 4. The number of aryl methyl sites for hydroxylation is 1. The first-order valence-corrected chi connectivity index (χ1v) is 8.68. The zero-order valence-electron chi connectivity index (χ0n) is 14.9. The molecule has 0 saturated heterocycles. The summed E-state index contributed by atoms with van der Waals surface area (Å²) in [6.45, 7) is 5.64. The minimum Gasteiger partial charge on any atom is -0.476 e. The molecular formula is C19H20ClN3O3. The first-order valence-electron chi connectivity index (χ1n) is 8.30. The predicted octanol–water partition coefficient (Wildman–Crippen LogP) is 3.58. The number of ether oxygens (including phenoxy) is 1. The summed E-state index contributed by atoms with van der Waals surface area (Å²) in [5.41, 5.74) is 0.716. The van der Waals surface area contributed by atoms with Gasteiger partial charge in [-0.1, -0.05) is 23.7 Å². The van der Waals surface area contributed by atoms with Gasteiger partial charge in [0.1, 0.15) is 16.7 Å². The Labute approximate surface area is 157 Å². The maximum Gasteiger partial charge on any atom is 0.270 e. The topological polar surface area (TPSA) is 71.5 Å². The molecule has 1 N–H and O–H groups in total. The molecule has 136 valence electrons. The highest BCUT2D eigenvalue weighted by molar-refractivity contribution is 6.29. The summed E-state index contributed by atoms with van der Waals surface area (Å²) in [4.78, 5) is 30.7. The molecule has 0 bridgehead atoms. The minimum absolute atomic E-state index is 0.128. The number of carbonyl (C=O) groups is 2. The van der Waals surface area contributed by atoms with Crippen LogP contribution in [0.3, 0.4) is 0 Å². The summed E-state index contributed by atoms with van der Waals surface area (Å²) in [5, 5.41) is 2.99. The van der Waals surface area contributed by atoms with Crippen molar-refractivity contribution in [1.29, 1.82) is 0 Å². The number of nitrogens with zero attached hydrogens (tertiary/aromatic N) is 2. The van der Waals surface area contributed by atoms with Gasteiger partial charge in [0.05, 0.1) is 5.69 Å². The van der Waals surface area contributed by atoms with Gasteiger partial charge in [-0.3, -0.25) is 9.59 Å². The molecule has 2 aromatic rings. The van der Waals surface area contributed by atoms with E-state index in [4.69, 9.17) is 16.3 Å². The van der Waals surface area contributed by atoms with Crippen molar-refractivity contribution >= 4 is 34.9 Å². The molecule has 2 amide bonds. The second-order valence-corrected chi connectivity index (χ2v) is 7.07. The fraction of sp³-hybridized carbons (Fsp3) is 0.316. The van der Waals surface area contributed by atoms with Crippen LogP contribution < -0.4 is 15.0 Å². The second kappa shape index (κ2) is 6.96. The molecule has 0 fully saturated rings. The summed E-state index contributed by atoms with van der Waals surface area (Å²) in [5.74, 6) is 0.597. The standard InChI is InChI=1S/C19H20ClN3O3/c1-12-7-8-14-13(11-12)23(18(25)19(2,3)26-14)10-9-17(24)22-16-6-4-5-15(20)21-16/h4-8,11H,9-10H2,1-3H3,(H,21,22,24). The molecule has 26 heavy (non-hydrogen) atoms. The van der Waals surface area contributed by atoms with Gasteiger partial charge in [0, 0.05) is 13.0 Å². The van der Waals surface area contributed by atoms with Crippen molar-refractivity contribution in [3.63, 3.8) is 0 Å². The lowest BCUT2D eigenvalue weighted by atomic mass is 10.0. The summed E-state index contributed by atoms with van der Waals surface area (Å²) < 4.78 is 5.82. The lowest BCUT2D eigenvalue weighted by molar-refractivity contribution is -0.132. The molecule has 1 aliphatic heterocycles. The highest BCUT2D eigenvalue weighted by atomic mass is 35.5. The van der Waals surface area contributed by atoms with Crippen molar-refractivity contribution < 1.29 is 14.3 Å². The number of amides is 2. The van der Waals surface area contributed by atoms with Gasteiger partial charge in [0.15, 0.2) is 5.60 Å². The van der Waals surface area contributed by atoms with Crippen LogP contribution in [-0.2, 0) is 9.59 Å². The Balaban J connectivity index is 1.75. The lowest BCUT2D eigenvalue weighted by Crippen LogP contribution is -2.53. The first-order chi connectivity index (χ1) is 12.3. The van der Waals surface area contributed by atoms with Crippen LogP contribution in [0.4, 0.5) is 11.5 Å². The van der Waals surface area contributed by atoms with E-state index in [2.05, 4.69) is 10.3 Å². The summed E-state index contributed by atoms with van der Waals surface area (Å²) in [6.07, 6.45) is 0.128. The van der Waals surface area contributed by atoms with Crippen LogP contribution in [0.5, 0.6) is 5.75 Å². The van der Waals surface area contributed by atoms with Crippen molar-refractivity contribution in [2.75, 3.05) is 16.8 Å². The number of fused-ring (bicyclic) bond motifs is 1. The van der Waals surface area contributed by atoms with E-state index < -0.39 is 5.60 Å². The average Bonchev–Trinajstić information content (AvgIpc) is 2.56. The van der Waals surface area contributed by atoms with Crippen molar-refractivity contribution in [3.8, 4) is 5.75 Å². The fourth-order valence-electron chi connectivity index (χ4n) is 2.80. The van der Waals surface area contributed by atoms with E-state index in [1.54, 1.807) is 36.9 Å². The van der Waals surface area contributed by atoms with E-state index in [-0.39, 0.29) is 24.8 Å². The van der Waals surface area contributed by atoms with E-state index in [0.29, 0.717) is 22.4 Å². The molecule has 0 spiro atoms. The average molecular weight is 374 g/mol. The zero-order chi connectivity index (χ0) is 18.9. The minimum atomic E-state index is -0.979. The number of pyridine rings is 1. The van der Waals surface area contributed by atoms with Crippen LogP contribution >= 0.6 is 11.6 Å². The molecule has 2 heterocycles. The molecule has 0 saturated carbocycles. The Morgan fingerprint density at radius 1 is 1.31 bits per heavy atom. The molecule has 7 heteroatoms. The highest BCUT2D eigenvalue weighted by Crippen LogP contribution is 2.38. The van der Waals surface area contributed by atoms with Crippen molar-refractivity contribution in [1.82, 2.24) is 4.98 Å². The van der Waals surface area contributed by atoms with Gasteiger partial charge in [0.2, 0.25) is 5.91 Å². The van der Waals surface area contributed by atoms with E-state index in [1.165, 1.54) is 0 Å². The third-order valence-electron chi connectivity index (χ3n) is 4.08. The number of nitrogens with one attached hydrogen (secondary N) is 1. The van der Waals surface area contributed by atoms with Crippen LogP contribution in [0.25, 0.3) is 0 Å². The van der Waals surface area contributed by atoms with Crippen LogP contribution in [0.15, 0.2) is 36.4 Å². The number of carbonyl (C=O) groups excluding carboxylic acids is 2. The number of hydrogen-bond donors (Lipinski definition) is 1. The monoisotopic (exact) mass is 373 g/mol. The number of aromatic nitrogens is 1. The molecule has 0 unspecified atom stereocenters. The molecule has 1 aliphatic rings. The summed E-state index contributed by atoms with van der Waals surface area (Å²) >= 11 is 5.82. The van der Waals surface area contributed by atoms with E-state index in [1.807, 2.05) is 25.1 Å². The summed E-state index contributed by atoms with van der Waals surface area (Å²) in [7, 11) is 0. The molecule has 1 aromatic heterocycles. The predicted molar refractivity (Wildman–Crippen MR) is 101 cm³/mol. The van der Waals surface area contributed by atoms with Gasteiger partial charge in [-0.15, -0.1) is 0 Å². The first kappa shape index (κ1) is 18.2. The quantitative estimate of drug-likeness (QED) is 0.831. The highest BCUT2D eigenvalue weighted by Gasteiger charge is 2.40. The Hall–Kier alpha value is -2.60. The van der Waals surface area contributed by atoms with Gasteiger partial charge in [-0.2, -0.15) is 0 Å². The molecule has 0 aliphatic carbocycles. The van der Waals surface area contributed by atoms with Gasteiger partial charge >= 0.3 is 0 Å². The van der Waals surface area contributed by atoms with Crippen LogP contribution in [0.1, 0.15) is 25.8 Å². The fourth-order valence-corrected chi connectivity index (χ4v) is 2.96. The van der Waals surface area contributed by atoms with Crippen molar-refractivity contribution in [2.45, 2.75) is 32.8 Å². The maximum atomic E-state index is 12.8. The molecule has 0 atom stereocenters. The van der Waals surface area contributed by atoms with Gasteiger partial charge in [-0.05, 0) is 50.6 Å². The van der Waals surface area contributed by atoms with E-state index in [0.717, 1.165) is 5.56 Å². The SMILES string of the molecule is Cc1ccc2c(c1)N(CCC(=O)Nc1cccc(Cl)n1)C(=O)C(C)(C)O2. The van der Waals surface area contributed by atoms with Crippen LogP contribution in [-0.4, -0.2) is 28.9 Å². The smallest absolute Gasteiger partial charge is 0.270 e. The Morgan fingerprint density at radius 3 is 2.81 bits per heavy atom. The largest absolute Gasteiger partial charge is 0.476 e. The third kappa shape index (κ3) is 3.80. The lowest BCUT2D eigenvalue weighted by Gasteiger charge is -2.38. The number of hydrogen-bond acceptors (Lipinski definition) is 4. The third-order valence-corrected chi connectivity index (χ3v) is 4.29. The Kier molecular flexibility index (Phi) is 4.87. The number of halogens is 1. The van der Waals surface area contributed by atoms with Gasteiger partial charge in [0.25, 0.3) is 5.91 Å². The second-order valence-electron chi connectivity index (χ2n) is 6.68. The van der Waals surface area contributed by atoms with Crippen LogP contribution in [0, 0.1) is 6.92 Å². The van der Waals surface area contributed by atoms with Gasteiger partial charge < -0.3 is 15.0 Å². The Bertz CT molecular complexity index is 867. The van der Waals surface area contributed by atoms with Crippen LogP contribution in [0.2, 0.25) is 5.15 Å². The number of benzene rings is 1. The summed E-state index contributed by atoms with van der Waals surface area (Å²) in [6, 6.07) is 10.7.